The van der Waals surface area contributed by atoms with Crippen LogP contribution < -0.4 is 10.1 Å². The molecule has 1 heterocycles. The lowest BCUT2D eigenvalue weighted by atomic mass is 10.2. The maximum Gasteiger partial charge on any atom is 0.343 e. The second-order valence-electron chi connectivity index (χ2n) is 4.50. The molecule has 0 saturated heterocycles. The number of nitrogens with one attached hydrogen (secondary N) is 1. The molecule has 0 saturated carbocycles. The van der Waals surface area contributed by atoms with Crippen LogP contribution >= 0.6 is 11.5 Å². The molecule has 0 aliphatic carbocycles. The minimum absolute atomic E-state index is 0.342. The quantitative estimate of drug-likeness (QED) is 0.854. The number of benzene rings is 1. The predicted molar refractivity (Wildman–Crippen MR) is 83.8 cm³/mol. The van der Waals surface area contributed by atoms with Crippen LogP contribution in [0.4, 0.5) is 10.7 Å². The molecule has 0 aliphatic heterocycles. The van der Waals surface area contributed by atoms with Gasteiger partial charge in [-0.3, -0.25) is 0 Å². The molecule has 0 radical (unpaired) electrons. The van der Waals surface area contributed by atoms with E-state index in [-0.39, 0.29) is 5.97 Å². The van der Waals surface area contributed by atoms with Gasteiger partial charge in [-0.1, -0.05) is 0 Å². The summed E-state index contributed by atoms with van der Waals surface area (Å²) in [6, 6.07) is 5.74. The van der Waals surface area contributed by atoms with Crippen LogP contribution in [-0.4, -0.2) is 24.1 Å². The Morgan fingerprint density at radius 3 is 2.76 bits per heavy atom. The minimum atomic E-state index is -0.350. The molecule has 1 N–H and O–H groups in total. The summed E-state index contributed by atoms with van der Waals surface area (Å²) in [5, 5.41) is 3.91. The summed E-state index contributed by atoms with van der Waals surface area (Å²) in [5.41, 5.74) is 3.06. The van der Waals surface area contributed by atoms with Crippen molar-refractivity contribution in [2.24, 2.45) is 0 Å². The van der Waals surface area contributed by atoms with Gasteiger partial charge in [0.05, 0.1) is 19.4 Å². The minimum Gasteiger partial charge on any atom is -0.496 e. The largest absolute Gasteiger partial charge is 0.496 e. The Morgan fingerprint density at radius 2 is 2.14 bits per heavy atom. The molecule has 5 nitrogen and oxygen atoms in total. The lowest BCUT2D eigenvalue weighted by Crippen LogP contribution is -2.07. The molecule has 2 aromatic rings. The fourth-order valence-corrected chi connectivity index (χ4v) is 2.79. The molecule has 6 heteroatoms. The van der Waals surface area contributed by atoms with E-state index < -0.39 is 0 Å². The normalized spacial score (nSPS) is 10.3. The first-order valence-electron chi connectivity index (χ1n) is 6.61. The summed E-state index contributed by atoms with van der Waals surface area (Å²) < 4.78 is 14.5. The number of aromatic nitrogens is 1. The number of carbonyl (C=O) groups is 1. The van der Waals surface area contributed by atoms with E-state index in [0.29, 0.717) is 22.9 Å². The molecule has 21 heavy (non-hydrogen) atoms. The zero-order valence-corrected chi connectivity index (χ0v) is 13.3. The SMILES string of the molecule is CCOC(=O)c1c(C)nsc1Nc1ccc(OC)c(C)c1. The molecular formula is C15H18N2O3S. The zero-order chi connectivity index (χ0) is 15.4. The van der Waals surface area contributed by atoms with Gasteiger partial charge in [-0.2, -0.15) is 4.37 Å². The van der Waals surface area contributed by atoms with Gasteiger partial charge in [0.15, 0.2) is 0 Å². The smallest absolute Gasteiger partial charge is 0.343 e. The number of rotatable bonds is 5. The Morgan fingerprint density at radius 1 is 1.38 bits per heavy atom. The lowest BCUT2D eigenvalue weighted by Gasteiger charge is -2.10. The maximum absolute atomic E-state index is 12.0. The predicted octanol–water partition coefficient (Wildman–Crippen LogP) is 3.69. The van der Waals surface area contributed by atoms with Crippen LogP contribution in [0.15, 0.2) is 18.2 Å². The zero-order valence-electron chi connectivity index (χ0n) is 12.5. The van der Waals surface area contributed by atoms with Crippen molar-refractivity contribution < 1.29 is 14.3 Å². The van der Waals surface area contributed by atoms with E-state index in [2.05, 4.69) is 9.69 Å². The van der Waals surface area contributed by atoms with Crippen molar-refractivity contribution in [1.82, 2.24) is 4.37 Å². The molecule has 112 valence electrons. The summed E-state index contributed by atoms with van der Waals surface area (Å²) in [5.74, 6) is 0.475. The van der Waals surface area contributed by atoms with Gasteiger partial charge in [0.1, 0.15) is 16.3 Å². The van der Waals surface area contributed by atoms with Crippen LogP contribution in [-0.2, 0) is 4.74 Å². The molecule has 0 bridgehead atoms. The van der Waals surface area contributed by atoms with Crippen LogP contribution in [0.3, 0.4) is 0 Å². The number of methoxy groups -OCH3 is 1. The van der Waals surface area contributed by atoms with E-state index in [1.807, 2.05) is 25.1 Å². The van der Waals surface area contributed by atoms with Gasteiger partial charge >= 0.3 is 5.97 Å². The van der Waals surface area contributed by atoms with Crippen LogP contribution in [0.5, 0.6) is 5.75 Å². The molecule has 2 rings (SSSR count). The highest BCUT2D eigenvalue weighted by Crippen LogP contribution is 2.30. The van der Waals surface area contributed by atoms with Crippen molar-refractivity contribution in [3.05, 3.63) is 35.0 Å². The first-order valence-corrected chi connectivity index (χ1v) is 7.39. The van der Waals surface area contributed by atoms with E-state index in [4.69, 9.17) is 9.47 Å². The highest BCUT2D eigenvalue weighted by Gasteiger charge is 2.19. The average molecular weight is 306 g/mol. The molecule has 1 aromatic carbocycles. The van der Waals surface area contributed by atoms with Crippen molar-refractivity contribution in [3.63, 3.8) is 0 Å². The monoisotopic (exact) mass is 306 g/mol. The third kappa shape index (κ3) is 3.33. The first-order chi connectivity index (χ1) is 10.1. The first kappa shape index (κ1) is 15.3. The third-order valence-corrected chi connectivity index (χ3v) is 3.85. The Bertz CT molecular complexity index is 652. The fraction of sp³-hybridized carbons (Fsp3) is 0.333. The summed E-state index contributed by atoms with van der Waals surface area (Å²) in [6.07, 6.45) is 0. The highest BCUT2D eigenvalue weighted by molar-refractivity contribution is 7.10. The van der Waals surface area contributed by atoms with Crippen molar-refractivity contribution >= 4 is 28.2 Å². The standard InChI is InChI=1S/C15H18N2O3S/c1-5-20-15(18)13-10(3)17-21-14(13)16-11-6-7-12(19-4)9(2)8-11/h6-8,16H,5H2,1-4H3. The van der Waals surface area contributed by atoms with Gasteiger partial charge in [0.2, 0.25) is 0 Å². The Kier molecular flexibility index (Phi) is 4.80. The van der Waals surface area contributed by atoms with Gasteiger partial charge in [0, 0.05) is 5.69 Å². The average Bonchev–Trinajstić information content (AvgIpc) is 2.80. The maximum atomic E-state index is 12.0. The van der Waals surface area contributed by atoms with Crippen molar-refractivity contribution in [3.8, 4) is 5.75 Å². The number of ether oxygens (including phenoxy) is 2. The van der Waals surface area contributed by atoms with Crippen molar-refractivity contribution in [2.75, 3.05) is 19.0 Å². The topological polar surface area (TPSA) is 60.5 Å². The van der Waals surface area contributed by atoms with Crippen LogP contribution in [0.1, 0.15) is 28.5 Å². The molecular weight excluding hydrogens is 288 g/mol. The number of anilines is 2. The van der Waals surface area contributed by atoms with E-state index >= 15 is 0 Å². The Balaban J connectivity index is 2.28. The van der Waals surface area contributed by atoms with Crippen LogP contribution in [0.25, 0.3) is 0 Å². The van der Waals surface area contributed by atoms with E-state index in [0.717, 1.165) is 17.0 Å². The van der Waals surface area contributed by atoms with Gasteiger partial charge in [-0.05, 0) is 56.1 Å². The Hall–Kier alpha value is -2.08. The van der Waals surface area contributed by atoms with E-state index in [1.54, 1.807) is 21.0 Å². The number of aryl methyl sites for hydroxylation is 2. The number of nitrogens with zero attached hydrogens (tertiary/aromatic N) is 1. The summed E-state index contributed by atoms with van der Waals surface area (Å²) in [4.78, 5) is 12.0. The summed E-state index contributed by atoms with van der Waals surface area (Å²) in [6.45, 7) is 5.89. The van der Waals surface area contributed by atoms with Crippen LogP contribution in [0, 0.1) is 13.8 Å². The molecule has 0 unspecified atom stereocenters. The highest BCUT2D eigenvalue weighted by atomic mass is 32.1. The van der Waals surface area contributed by atoms with Gasteiger partial charge in [0.25, 0.3) is 0 Å². The van der Waals surface area contributed by atoms with Crippen molar-refractivity contribution in [1.29, 1.82) is 0 Å². The van der Waals surface area contributed by atoms with E-state index in [1.165, 1.54) is 11.5 Å². The number of hydrogen-bond donors (Lipinski definition) is 1. The Labute approximate surface area is 128 Å². The summed E-state index contributed by atoms with van der Waals surface area (Å²) in [7, 11) is 1.64. The number of hydrogen-bond acceptors (Lipinski definition) is 6. The number of esters is 1. The van der Waals surface area contributed by atoms with Gasteiger partial charge in [-0.25, -0.2) is 4.79 Å². The van der Waals surface area contributed by atoms with Gasteiger partial charge in [-0.15, -0.1) is 0 Å². The van der Waals surface area contributed by atoms with Gasteiger partial charge < -0.3 is 14.8 Å². The summed E-state index contributed by atoms with van der Waals surface area (Å²) >= 11 is 1.25. The molecule has 1 aromatic heterocycles. The molecule has 0 aliphatic rings. The van der Waals surface area contributed by atoms with Crippen LogP contribution in [0.2, 0.25) is 0 Å². The number of carbonyl (C=O) groups excluding carboxylic acids is 1. The second kappa shape index (κ2) is 6.58. The molecule has 0 atom stereocenters. The second-order valence-corrected chi connectivity index (χ2v) is 5.28. The fourth-order valence-electron chi connectivity index (χ4n) is 1.99. The molecule has 0 spiro atoms. The molecule has 0 fully saturated rings. The molecule has 0 amide bonds. The van der Waals surface area contributed by atoms with Crippen molar-refractivity contribution in [2.45, 2.75) is 20.8 Å². The lowest BCUT2D eigenvalue weighted by molar-refractivity contribution is 0.0527. The third-order valence-electron chi connectivity index (χ3n) is 2.99. The van der Waals surface area contributed by atoms with E-state index in [9.17, 15) is 4.79 Å².